The number of hydrogen-bond acceptors (Lipinski definition) is 2. The second kappa shape index (κ2) is 6.93. The summed E-state index contributed by atoms with van der Waals surface area (Å²) in [6.07, 6.45) is 5.08. The molecular weight excluding hydrogens is 184 g/mol. The van der Waals surface area contributed by atoms with Crippen molar-refractivity contribution in [2.24, 2.45) is 0 Å². The van der Waals surface area contributed by atoms with Gasteiger partial charge in [0.15, 0.2) is 0 Å². The zero-order chi connectivity index (χ0) is 11.8. The van der Waals surface area contributed by atoms with Crippen LogP contribution < -0.4 is 0 Å². The molecule has 1 rings (SSSR count). The number of nitrogens with zero attached hydrogens (tertiary/aromatic N) is 2. The van der Waals surface area contributed by atoms with Crippen molar-refractivity contribution in [2.45, 2.75) is 33.6 Å². The third-order valence-corrected chi connectivity index (χ3v) is 1.89. The van der Waals surface area contributed by atoms with E-state index in [9.17, 15) is 0 Å². The molecule has 2 heteroatoms. The topological polar surface area (TPSA) is 25.8 Å². The Hall–Kier alpha value is -1.44. The zero-order valence-electron chi connectivity index (χ0n) is 10.1. The first-order chi connectivity index (χ1) is 7.20. The van der Waals surface area contributed by atoms with E-state index in [2.05, 4.69) is 37.0 Å². The van der Waals surface area contributed by atoms with Crippen molar-refractivity contribution in [1.29, 1.82) is 0 Å². The van der Waals surface area contributed by atoms with Crippen LogP contribution in [0.3, 0.4) is 0 Å². The van der Waals surface area contributed by atoms with Gasteiger partial charge < -0.3 is 0 Å². The maximum absolute atomic E-state index is 4.23. The highest BCUT2D eigenvalue weighted by Crippen LogP contribution is 2.20. The normalized spacial score (nSPS) is 9.13. The molecular formula is C13H20N2. The first kappa shape index (κ1) is 13.6. The Labute approximate surface area is 92.8 Å². The molecule has 0 amide bonds. The maximum atomic E-state index is 4.23. The van der Waals surface area contributed by atoms with Gasteiger partial charge in [0.25, 0.3) is 0 Å². The van der Waals surface area contributed by atoms with Crippen LogP contribution in [0.2, 0.25) is 0 Å². The first-order valence-electron chi connectivity index (χ1n) is 5.30. The smallest absolute Gasteiger partial charge is 0.116 e. The summed E-state index contributed by atoms with van der Waals surface area (Å²) in [5.74, 6) is 0.384. The minimum absolute atomic E-state index is 0.384. The number of hydrogen-bond donors (Lipinski definition) is 0. The summed E-state index contributed by atoms with van der Waals surface area (Å²) in [5.41, 5.74) is 2.88. The molecule has 0 aliphatic rings. The van der Waals surface area contributed by atoms with Crippen LogP contribution in [0.15, 0.2) is 19.5 Å². The van der Waals surface area contributed by atoms with Gasteiger partial charge in [0.2, 0.25) is 0 Å². The molecule has 0 radical (unpaired) electrons. The Balaban J connectivity index is 0.000000921. The van der Waals surface area contributed by atoms with Gasteiger partial charge in [0.1, 0.15) is 6.33 Å². The van der Waals surface area contributed by atoms with Gasteiger partial charge in [0, 0.05) is 5.56 Å². The van der Waals surface area contributed by atoms with E-state index in [0.717, 1.165) is 17.0 Å². The van der Waals surface area contributed by atoms with Gasteiger partial charge in [-0.3, -0.25) is 0 Å². The summed E-state index contributed by atoms with van der Waals surface area (Å²) in [5, 5.41) is 0. The van der Waals surface area contributed by atoms with E-state index in [0.29, 0.717) is 5.92 Å². The molecule has 1 heterocycles. The largest absolute Gasteiger partial charge is 0.240 e. The Bertz CT molecular complexity index is 327. The summed E-state index contributed by atoms with van der Waals surface area (Å²) < 4.78 is 0. The van der Waals surface area contributed by atoms with Gasteiger partial charge >= 0.3 is 0 Å². The molecule has 0 saturated heterocycles. The lowest BCUT2D eigenvalue weighted by Crippen LogP contribution is -2.00. The van der Waals surface area contributed by atoms with Crippen LogP contribution >= 0.6 is 0 Å². The van der Waals surface area contributed by atoms with Crippen LogP contribution in [0.4, 0.5) is 0 Å². The van der Waals surface area contributed by atoms with E-state index in [1.54, 1.807) is 18.5 Å². The van der Waals surface area contributed by atoms with Crippen molar-refractivity contribution in [3.05, 3.63) is 36.4 Å². The lowest BCUT2D eigenvalue weighted by Gasteiger charge is -2.09. The first-order valence-corrected chi connectivity index (χ1v) is 5.30. The second-order valence-electron chi connectivity index (χ2n) is 3.12. The van der Waals surface area contributed by atoms with Crippen LogP contribution in [0.25, 0.3) is 12.2 Å². The molecule has 1 aromatic rings. The summed E-state index contributed by atoms with van der Waals surface area (Å²) in [6.45, 7) is 15.7. The van der Waals surface area contributed by atoms with Crippen LogP contribution in [0.5, 0.6) is 0 Å². The minimum Gasteiger partial charge on any atom is -0.240 e. The van der Waals surface area contributed by atoms with Crippen molar-refractivity contribution < 1.29 is 0 Å². The summed E-state index contributed by atoms with van der Waals surface area (Å²) in [4.78, 5) is 8.34. The Morgan fingerprint density at radius 2 is 1.73 bits per heavy atom. The molecule has 0 saturated carbocycles. The fourth-order valence-corrected chi connectivity index (χ4v) is 1.26. The van der Waals surface area contributed by atoms with Crippen molar-refractivity contribution in [3.63, 3.8) is 0 Å². The third-order valence-electron chi connectivity index (χ3n) is 1.89. The highest BCUT2D eigenvalue weighted by atomic mass is 14.8. The molecule has 0 fully saturated rings. The van der Waals surface area contributed by atoms with E-state index < -0.39 is 0 Å². The van der Waals surface area contributed by atoms with E-state index in [1.165, 1.54) is 0 Å². The zero-order valence-corrected chi connectivity index (χ0v) is 10.1. The van der Waals surface area contributed by atoms with Gasteiger partial charge in [0.05, 0.1) is 11.4 Å². The Morgan fingerprint density at radius 3 is 2.13 bits per heavy atom. The van der Waals surface area contributed by atoms with E-state index in [-0.39, 0.29) is 0 Å². The average Bonchev–Trinajstić information content (AvgIpc) is 2.30. The van der Waals surface area contributed by atoms with Gasteiger partial charge in [-0.1, -0.05) is 46.9 Å². The van der Waals surface area contributed by atoms with E-state index in [4.69, 9.17) is 0 Å². The van der Waals surface area contributed by atoms with Gasteiger partial charge in [-0.15, -0.1) is 0 Å². The van der Waals surface area contributed by atoms with Crippen LogP contribution in [-0.2, 0) is 0 Å². The molecule has 0 aliphatic carbocycles. The lowest BCUT2D eigenvalue weighted by molar-refractivity contribution is 0.809. The quantitative estimate of drug-likeness (QED) is 0.746. The molecule has 15 heavy (non-hydrogen) atoms. The van der Waals surface area contributed by atoms with Crippen molar-refractivity contribution in [3.8, 4) is 0 Å². The van der Waals surface area contributed by atoms with Crippen LogP contribution in [0.1, 0.15) is 50.6 Å². The van der Waals surface area contributed by atoms with E-state index >= 15 is 0 Å². The number of rotatable bonds is 3. The average molecular weight is 204 g/mol. The highest BCUT2D eigenvalue weighted by Gasteiger charge is 2.08. The predicted octanol–water partition coefficient (Wildman–Crippen LogP) is 3.91. The fraction of sp³-hybridized carbons (Fsp3) is 0.385. The summed E-state index contributed by atoms with van der Waals surface area (Å²) >= 11 is 0. The third kappa shape index (κ3) is 3.31. The molecule has 0 atom stereocenters. The van der Waals surface area contributed by atoms with Crippen molar-refractivity contribution in [2.75, 3.05) is 0 Å². The lowest BCUT2D eigenvalue weighted by atomic mass is 10.0. The monoisotopic (exact) mass is 204 g/mol. The van der Waals surface area contributed by atoms with Crippen LogP contribution in [-0.4, -0.2) is 9.97 Å². The van der Waals surface area contributed by atoms with Crippen molar-refractivity contribution >= 4 is 12.2 Å². The molecule has 1 aromatic heterocycles. The van der Waals surface area contributed by atoms with Crippen LogP contribution in [0, 0.1) is 0 Å². The molecule has 0 bridgehead atoms. The van der Waals surface area contributed by atoms with Gasteiger partial charge in [-0.25, -0.2) is 9.97 Å². The Kier molecular flexibility index (Phi) is 6.27. The van der Waals surface area contributed by atoms with Crippen molar-refractivity contribution in [1.82, 2.24) is 9.97 Å². The molecule has 2 nitrogen and oxygen atoms in total. The highest BCUT2D eigenvalue weighted by molar-refractivity contribution is 5.62. The second-order valence-corrected chi connectivity index (χ2v) is 3.12. The predicted molar refractivity (Wildman–Crippen MR) is 67.7 cm³/mol. The standard InChI is InChI=1S/C11H14N2.C2H6/c1-5-9-10(6-2)12-7-13-11(9)8(3)4;1-2/h5-8H,1-2H2,3-4H3;1-2H3. The molecule has 0 spiro atoms. The fourth-order valence-electron chi connectivity index (χ4n) is 1.26. The number of aromatic nitrogens is 2. The Morgan fingerprint density at radius 1 is 1.13 bits per heavy atom. The summed E-state index contributed by atoms with van der Waals surface area (Å²) in [7, 11) is 0. The summed E-state index contributed by atoms with van der Waals surface area (Å²) in [6, 6.07) is 0. The minimum atomic E-state index is 0.384. The molecule has 0 aromatic carbocycles. The SMILES string of the molecule is C=Cc1ncnc(C(C)C)c1C=C.CC. The molecule has 0 aliphatic heterocycles. The van der Waals surface area contributed by atoms with Gasteiger partial charge in [-0.2, -0.15) is 0 Å². The molecule has 0 N–H and O–H groups in total. The maximum Gasteiger partial charge on any atom is 0.116 e. The van der Waals surface area contributed by atoms with Gasteiger partial charge in [-0.05, 0) is 12.0 Å². The molecule has 0 unspecified atom stereocenters. The van der Waals surface area contributed by atoms with E-state index in [1.807, 2.05) is 13.8 Å². The molecule has 82 valence electrons.